The molecular formula is C20H28N2O3. The first-order chi connectivity index (χ1) is 12.2. The van der Waals surface area contributed by atoms with Crippen molar-refractivity contribution in [2.24, 2.45) is 0 Å². The van der Waals surface area contributed by atoms with Crippen LogP contribution in [-0.4, -0.2) is 33.4 Å². The molecule has 0 spiro atoms. The minimum atomic E-state index is -0.646. The van der Waals surface area contributed by atoms with Crippen LogP contribution in [0.15, 0.2) is 34.9 Å². The van der Waals surface area contributed by atoms with E-state index >= 15 is 0 Å². The number of hydrogen-bond acceptors (Lipinski definition) is 5. The van der Waals surface area contributed by atoms with Gasteiger partial charge < -0.3 is 14.7 Å². The normalized spacial score (nSPS) is 17.1. The number of nitrogens with zero attached hydrogens (tertiary/aromatic N) is 2. The molecule has 0 saturated heterocycles. The van der Waals surface area contributed by atoms with E-state index in [9.17, 15) is 10.2 Å². The minimum absolute atomic E-state index is 0.173. The summed E-state index contributed by atoms with van der Waals surface area (Å²) in [6.07, 6.45) is 5.67. The summed E-state index contributed by atoms with van der Waals surface area (Å²) in [5, 5.41) is 24.3. The van der Waals surface area contributed by atoms with Gasteiger partial charge in [-0.1, -0.05) is 43.5 Å². The van der Waals surface area contributed by atoms with Crippen LogP contribution in [0, 0.1) is 0 Å². The van der Waals surface area contributed by atoms with Crippen LogP contribution >= 0.6 is 0 Å². The molecule has 2 aromatic rings. The van der Waals surface area contributed by atoms with Crippen molar-refractivity contribution >= 4 is 0 Å². The van der Waals surface area contributed by atoms with Gasteiger partial charge in [0.15, 0.2) is 5.76 Å². The third kappa shape index (κ3) is 4.83. The topological polar surface area (TPSA) is 69.7 Å². The molecule has 0 radical (unpaired) electrons. The zero-order valence-electron chi connectivity index (χ0n) is 14.9. The number of aliphatic hydroxyl groups excluding tert-OH is 1. The van der Waals surface area contributed by atoms with Gasteiger partial charge in [-0.15, -0.1) is 0 Å². The zero-order valence-corrected chi connectivity index (χ0v) is 14.9. The van der Waals surface area contributed by atoms with Crippen molar-refractivity contribution in [1.29, 1.82) is 0 Å². The Morgan fingerprint density at radius 1 is 1.24 bits per heavy atom. The van der Waals surface area contributed by atoms with E-state index in [0.717, 1.165) is 23.6 Å². The van der Waals surface area contributed by atoms with Crippen LogP contribution in [0.25, 0.3) is 0 Å². The van der Waals surface area contributed by atoms with Crippen LogP contribution < -0.4 is 0 Å². The summed E-state index contributed by atoms with van der Waals surface area (Å²) in [6, 6.07) is 8.87. The van der Waals surface area contributed by atoms with Crippen LogP contribution in [0.2, 0.25) is 0 Å². The molecule has 5 heteroatoms. The van der Waals surface area contributed by atoms with Crippen LogP contribution in [0.3, 0.4) is 0 Å². The summed E-state index contributed by atoms with van der Waals surface area (Å²) in [4.78, 5) is 2.12. The second kappa shape index (κ2) is 8.50. The molecule has 1 aromatic heterocycles. The van der Waals surface area contributed by atoms with Crippen molar-refractivity contribution in [3.8, 4) is 5.75 Å². The first-order valence-electron chi connectivity index (χ1n) is 9.30. The van der Waals surface area contributed by atoms with E-state index in [-0.39, 0.29) is 5.75 Å². The largest absolute Gasteiger partial charge is 0.508 e. The molecule has 1 fully saturated rings. The van der Waals surface area contributed by atoms with Crippen molar-refractivity contribution in [2.45, 2.75) is 57.6 Å². The first-order valence-corrected chi connectivity index (χ1v) is 9.30. The van der Waals surface area contributed by atoms with Gasteiger partial charge in [0.2, 0.25) is 0 Å². The van der Waals surface area contributed by atoms with Crippen molar-refractivity contribution in [3.63, 3.8) is 0 Å². The number of aliphatic hydroxyl groups is 1. The van der Waals surface area contributed by atoms with Crippen molar-refractivity contribution in [2.75, 3.05) is 13.1 Å². The molecule has 2 N–H and O–H groups in total. The molecule has 1 aliphatic carbocycles. The smallest absolute Gasteiger partial charge is 0.150 e. The predicted molar refractivity (Wildman–Crippen MR) is 96.3 cm³/mol. The maximum absolute atomic E-state index is 10.4. The second-order valence-corrected chi connectivity index (χ2v) is 6.99. The van der Waals surface area contributed by atoms with Gasteiger partial charge in [-0.25, -0.2) is 0 Å². The highest BCUT2D eigenvalue weighted by Gasteiger charge is 2.20. The number of likely N-dealkylation sites (N-methyl/N-ethyl adjacent to an activating group) is 1. The Morgan fingerprint density at radius 2 is 2.04 bits per heavy atom. The summed E-state index contributed by atoms with van der Waals surface area (Å²) >= 11 is 0. The van der Waals surface area contributed by atoms with E-state index in [1.807, 2.05) is 6.07 Å². The van der Waals surface area contributed by atoms with Gasteiger partial charge in [0.1, 0.15) is 5.75 Å². The summed E-state index contributed by atoms with van der Waals surface area (Å²) in [5.41, 5.74) is 1.80. The molecule has 1 unspecified atom stereocenters. The van der Waals surface area contributed by atoms with Gasteiger partial charge in [0.25, 0.3) is 0 Å². The van der Waals surface area contributed by atoms with Crippen LogP contribution in [0.5, 0.6) is 5.75 Å². The van der Waals surface area contributed by atoms with Crippen molar-refractivity contribution in [3.05, 3.63) is 47.3 Å². The number of phenolic OH excluding ortho intramolecular Hbond substituents is 1. The van der Waals surface area contributed by atoms with Crippen LogP contribution in [0.4, 0.5) is 0 Å². The summed E-state index contributed by atoms with van der Waals surface area (Å²) in [6.45, 7) is 3.98. The Labute approximate surface area is 149 Å². The first kappa shape index (κ1) is 18.0. The maximum atomic E-state index is 10.4. The average molecular weight is 344 g/mol. The molecule has 1 aromatic carbocycles. The lowest BCUT2D eigenvalue weighted by molar-refractivity contribution is 0.106. The van der Waals surface area contributed by atoms with E-state index in [1.165, 1.54) is 32.1 Å². The molecule has 1 saturated carbocycles. The van der Waals surface area contributed by atoms with Gasteiger partial charge in [-0.3, -0.25) is 4.90 Å². The fourth-order valence-corrected chi connectivity index (χ4v) is 3.60. The highest BCUT2D eigenvalue weighted by molar-refractivity contribution is 5.28. The van der Waals surface area contributed by atoms with Crippen molar-refractivity contribution in [1.82, 2.24) is 10.1 Å². The monoisotopic (exact) mass is 344 g/mol. The van der Waals surface area contributed by atoms with Gasteiger partial charge in [-0.05, 0) is 37.1 Å². The van der Waals surface area contributed by atoms with Gasteiger partial charge >= 0.3 is 0 Å². The highest BCUT2D eigenvalue weighted by atomic mass is 16.5. The van der Waals surface area contributed by atoms with Crippen LogP contribution in [0.1, 0.15) is 68.1 Å². The van der Waals surface area contributed by atoms with E-state index < -0.39 is 6.10 Å². The maximum Gasteiger partial charge on any atom is 0.150 e. The number of aromatic hydroxyl groups is 1. The summed E-state index contributed by atoms with van der Waals surface area (Å²) < 4.78 is 5.54. The average Bonchev–Trinajstić information content (AvgIpc) is 3.10. The lowest BCUT2D eigenvalue weighted by atomic mass is 9.87. The number of aromatic nitrogens is 1. The molecule has 0 aliphatic heterocycles. The zero-order chi connectivity index (χ0) is 17.6. The number of phenols is 1. The molecule has 0 amide bonds. The third-order valence-electron chi connectivity index (χ3n) is 5.11. The third-order valence-corrected chi connectivity index (χ3v) is 5.11. The van der Waals surface area contributed by atoms with Crippen LogP contribution in [-0.2, 0) is 6.54 Å². The lowest BCUT2D eigenvalue weighted by Crippen LogP contribution is -2.28. The Balaban J connectivity index is 1.59. The quantitative estimate of drug-likeness (QED) is 0.795. The standard InChI is InChI=1S/C20H28N2O3/c1-2-22(14-20(24)16-9-6-10-17(23)11-16)13-18-12-19(21-25-18)15-7-4-3-5-8-15/h6,9-12,15,20,23-24H,2-5,7-8,13-14H2,1H3. The van der Waals surface area contributed by atoms with E-state index in [1.54, 1.807) is 18.2 Å². The SMILES string of the molecule is CCN(Cc1cc(C2CCCCC2)no1)CC(O)c1cccc(O)c1. The highest BCUT2D eigenvalue weighted by Crippen LogP contribution is 2.32. The fraction of sp³-hybridized carbons (Fsp3) is 0.550. The summed E-state index contributed by atoms with van der Waals surface area (Å²) in [7, 11) is 0. The second-order valence-electron chi connectivity index (χ2n) is 6.99. The molecule has 1 aliphatic rings. The van der Waals surface area contributed by atoms with Crippen molar-refractivity contribution < 1.29 is 14.7 Å². The molecular weight excluding hydrogens is 316 g/mol. The van der Waals surface area contributed by atoms with Gasteiger partial charge in [0.05, 0.1) is 18.3 Å². The molecule has 1 heterocycles. The Hall–Kier alpha value is -1.85. The molecule has 136 valence electrons. The number of rotatable bonds is 7. The summed E-state index contributed by atoms with van der Waals surface area (Å²) in [5.74, 6) is 1.57. The minimum Gasteiger partial charge on any atom is -0.508 e. The molecule has 5 nitrogen and oxygen atoms in total. The predicted octanol–water partition coefficient (Wildman–Crippen LogP) is 3.98. The molecule has 1 atom stereocenters. The number of hydrogen-bond donors (Lipinski definition) is 2. The fourth-order valence-electron chi connectivity index (χ4n) is 3.60. The Morgan fingerprint density at radius 3 is 2.76 bits per heavy atom. The van der Waals surface area contributed by atoms with Gasteiger partial charge in [-0.2, -0.15) is 0 Å². The van der Waals surface area contributed by atoms with E-state index in [2.05, 4.69) is 23.0 Å². The van der Waals surface area contributed by atoms with E-state index in [0.29, 0.717) is 19.0 Å². The number of benzene rings is 1. The lowest BCUT2D eigenvalue weighted by Gasteiger charge is -2.22. The molecule has 25 heavy (non-hydrogen) atoms. The van der Waals surface area contributed by atoms with Gasteiger partial charge in [0, 0.05) is 18.5 Å². The van der Waals surface area contributed by atoms with E-state index in [4.69, 9.17) is 4.52 Å². The molecule has 3 rings (SSSR count). The Bertz CT molecular complexity index is 664. The Kier molecular flexibility index (Phi) is 6.10. The molecule has 0 bridgehead atoms.